The minimum Gasteiger partial charge on any atom is -0.267 e. The molecule has 37 heavy (non-hydrogen) atoms. The number of anilines is 1. The number of carbonyl (C=O) groups is 1. The van der Waals surface area contributed by atoms with E-state index in [2.05, 4.69) is 41.5 Å². The molecule has 2 heterocycles. The average molecular weight is 481 g/mol. The van der Waals surface area contributed by atoms with Crippen LogP contribution in [0, 0.1) is 0 Å². The van der Waals surface area contributed by atoms with E-state index in [4.69, 9.17) is 5.10 Å². The molecule has 1 aliphatic heterocycles. The third-order valence-corrected chi connectivity index (χ3v) is 6.39. The van der Waals surface area contributed by atoms with Crippen molar-refractivity contribution in [3.05, 3.63) is 133 Å². The lowest BCUT2D eigenvalue weighted by molar-refractivity contribution is -0.114. The Balaban J connectivity index is 1.42. The number of hydrazone groups is 1. The molecular formula is C32H24N4O. The summed E-state index contributed by atoms with van der Waals surface area (Å²) in [6, 6.07) is 38.1. The van der Waals surface area contributed by atoms with Crippen LogP contribution >= 0.6 is 0 Å². The number of aromatic nitrogens is 2. The van der Waals surface area contributed by atoms with E-state index in [1.165, 1.54) is 5.01 Å². The normalized spacial score (nSPS) is 14.3. The Kier molecular flexibility index (Phi) is 5.79. The lowest BCUT2D eigenvalue weighted by atomic mass is 10.0. The maximum Gasteiger partial charge on any atom is 0.280 e. The van der Waals surface area contributed by atoms with E-state index in [0.717, 1.165) is 39.3 Å². The van der Waals surface area contributed by atoms with Gasteiger partial charge in [-0.2, -0.15) is 15.2 Å². The fourth-order valence-corrected chi connectivity index (χ4v) is 4.47. The summed E-state index contributed by atoms with van der Waals surface area (Å²) in [5.74, 6) is -0.151. The van der Waals surface area contributed by atoms with Gasteiger partial charge in [0, 0.05) is 17.3 Å². The Labute approximate surface area is 215 Å². The van der Waals surface area contributed by atoms with E-state index in [0.29, 0.717) is 11.3 Å². The summed E-state index contributed by atoms with van der Waals surface area (Å²) in [6.07, 6.45) is 3.87. The van der Waals surface area contributed by atoms with E-state index in [-0.39, 0.29) is 5.91 Å². The first kappa shape index (κ1) is 22.4. The molecule has 0 bridgehead atoms. The van der Waals surface area contributed by atoms with Gasteiger partial charge in [-0.05, 0) is 48.4 Å². The van der Waals surface area contributed by atoms with Gasteiger partial charge in [-0.15, -0.1) is 0 Å². The fraction of sp³-hybridized carbons (Fsp3) is 0.0312. The van der Waals surface area contributed by atoms with Gasteiger partial charge in [-0.3, -0.25) is 4.79 Å². The second-order valence-electron chi connectivity index (χ2n) is 8.85. The van der Waals surface area contributed by atoms with E-state index in [9.17, 15) is 4.79 Å². The lowest BCUT2D eigenvalue weighted by Gasteiger charge is -2.11. The number of rotatable bonds is 5. The molecule has 1 aliphatic rings. The van der Waals surface area contributed by atoms with Crippen LogP contribution in [0.15, 0.2) is 132 Å². The Morgan fingerprint density at radius 1 is 0.649 bits per heavy atom. The molecule has 5 heteroatoms. The van der Waals surface area contributed by atoms with Crippen molar-refractivity contribution in [3.63, 3.8) is 0 Å². The van der Waals surface area contributed by atoms with Crippen LogP contribution in [0.1, 0.15) is 12.5 Å². The van der Waals surface area contributed by atoms with Crippen LogP contribution in [0.5, 0.6) is 0 Å². The summed E-state index contributed by atoms with van der Waals surface area (Å²) < 4.78 is 1.85. The van der Waals surface area contributed by atoms with Crippen LogP contribution in [0.25, 0.3) is 34.1 Å². The number of para-hydroxylation sites is 2. The first-order valence-corrected chi connectivity index (χ1v) is 12.1. The van der Waals surface area contributed by atoms with Gasteiger partial charge >= 0.3 is 0 Å². The maximum atomic E-state index is 13.4. The minimum absolute atomic E-state index is 0.151. The molecule has 1 aromatic heterocycles. The zero-order chi connectivity index (χ0) is 25.2. The molecule has 0 radical (unpaired) electrons. The number of benzene rings is 4. The molecule has 0 fully saturated rings. The van der Waals surface area contributed by atoms with Crippen molar-refractivity contribution in [2.45, 2.75) is 6.92 Å². The van der Waals surface area contributed by atoms with Gasteiger partial charge in [-0.25, -0.2) is 4.68 Å². The summed E-state index contributed by atoms with van der Waals surface area (Å²) in [5.41, 5.74) is 7.84. The highest BCUT2D eigenvalue weighted by Gasteiger charge is 2.29. The zero-order valence-corrected chi connectivity index (χ0v) is 20.3. The van der Waals surface area contributed by atoms with E-state index in [1.54, 1.807) is 0 Å². The molecule has 0 saturated heterocycles. The van der Waals surface area contributed by atoms with Crippen LogP contribution in [0.4, 0.5) is 5.69 Å². The quantitative estimate of drug-likeness (QED) is 0.254. The van der Waals surface area contributed by atoms with Gasteiger partial charge < -0.3 is 0 Å². The van der Waals surface area contributed by atoms with Crippen molar-refractivity contribution in [1.29, 1.82) is 0 Å². The van der Waals surface area contributed by atoms with Crippen molar-refractivity contribution < 1.29 is 4.79 Å². The van der Waals surface area contributed by atoms with E-state index in [1.807, 2.05) is 103 Å². The summed E-state index contributed by atoms with van der Waals surface area (Å²) in [7, 11) is 0. The van der Waals surface area contributed by atoms with Gasteiger partial charge in [0.15, 0.2) is 0 Å². The highest BCUT2D eigenvalue weighted by molar-refractivity contribution is 6.32. The summed E-state index contributed by atoms with van der Waals surface area (Å²) >= 11 is 0. The van der Waals surface area contributed by atoms with Gasteiger partial charge in [-0.1, -0.05) is 91.0 Å². The van der Waals surface area contributed by atoms with Gasteiger partial charge in [0.25, 0.3) is 5.91 Å². The average Bonchev–Trinajstić information content (AvgIpc) is 3.51. The Hall–Kier alpha value is -5.03. The number of nitrogens with zero attached hydrogens (tertiary/aromatic N) is 4. The standard InChI is InChI=1S/C32H24N4O/c1-23-30(32(37)36(33-23)29-15-9-4-10-16-29)21-27-22-35(28-13-7-3-8-14-28)34-31(27)26-19-17-25(18-20-26)24-11-5-2-6-12-24/h2-22H,1H3. The Morgan fingerprint density at radius 3 is 1.84 bits per heavy atom. The second-order valence-corrected chi connectivity index (χ2v) is 8.85. The highest BCUT2D eigenvalue weighted by atomic mass is 16.2. The van der Waals surface area contributed by atoms with E-state index >= 15 is 0 Å². The maximum absolute atomic E-state index is 13.4. The summed E-state index contributed by atoms with van der Waals surface area (Å²) in [4.78, 5) is 13.4. The molecule has 178 valence electrons. The Bertz CT molecular complexity index is 1620. The molecule has 0 unspecified atom stereocenters. The monoisotopic (exact) mass is 480 g/mol. The smallest absolute Gasteiger partial charge is 0.267 e. The van der Waals surface area contributed by atoms with Crippen molar-refractivity contribution in [2.24, 2.45) is 5.10 Å². The number of hydrogen-bond acceptors (Lipinski definition) is 3. The third kappa shape index (κ3) is 4.39. The predicted octanol–water partition coefficient (Wildman–Crippen LogP) is 7.01. The molecule has 0 atom stereocenters. The first-order valence-electron chi connectivity index (χ1n) is 12.1. The van der Waals surface area contributed by atoms with Gasteiger partial charge in [0.2, 0.25) is 0 Å². The van der Waals surface area contributed by atoms with Crippen LogP contribution in [-0.4, -0.2) is 21.4 Å². The molecule has 5 nitrogen and oxygen atoms in total. The summed E-state index contributed by atoms with van der Waals surface area (Å²) in [6.45, 7) is 1.86. The molecule has 0 N–H and O–H groups in total. The fourth-order valence-electron chi connectivity index (χ4n) is 4.47. The van der Waals surface area contributed by atoms with Crippen LogP contribution in [0.2, 0.25) is 0 Å². The van der Waals surface area contributed by atoms with E-state index < -0.39 is 0 Å². The first-order chi connectivity index (χ1) is 18.2. The number of hydrogen-bond donors (Lipinski definition) is 0. The zero-order valence-electron chi connectivity index (χ0n) is 20.3. The molecule has 0 aliphatic carbocycles. The molecule has 0 spiro atoms. The van der Waals surface area contributed by atoms with Crippen molar-refractivity contribution in [2.75, 3.05) is 5.01 Å². The number of amides is 1. The largest absolute Gasteiger partial charge is 0.280 e. The predicted molar refractivity (Wildman–Crippen MR) is 149 cm³/mol. The van der Waals surface area contributed by atoms with Crippen molar-refractivity contribution in [1.82, 2.24) is 9.78 Å². The van der Waals surface area contributed by atoms with Crippen LogP contribution in [0.3, 0.4) is 0 Å². The van der Waals surface area contributed by atoms with Crippen LogP contribution in [-0.2, 0) is 4.79 Å². The van der Waals surface area contributed by atoms with Crippen molar-refractivity contribution >= 4 is 23.4 Å². The number of carbonyl (C=O) groups excluding carboxylic acids is 1. The molecular weight excluding hydrogens is 456 g/mol. The van der Waals surface area contributed by atoms with Crippen molar-refractivity contribution in [3.8, 4) is 28.1 Å². The molecule has 0 saturated carbocycles. The Morgan fingerprint density at radius 2 is 1.19 bits per heavy atom. The SMILES string of the molecule is CC1=NN(c2ccccc2)C(=O)C1=Cc1cn(-c2ccccc2)nc1-c1ccc(-c2ccccc2)cc1. The molecule has 6 rings (SSSR count). The highest BCUT2D eigenvalue weighted by Crippen LogP contribution is 2.31. The van der Waals surface area contributed by atoms with Gasteiger partial charge in [0.1, 0.15) is 0 Å². The molecule has 4 aromatic carbocycles. The van der Waals surface area contributed by atoms with Gasteiger partial charge in [0.05, 0.1) is 28.4 Å². The lowest BCUT2D eigenvalue weighted by Crippen LogP contribution is -2.21. The van der Waals surface area contributed by atoms with Crippen LogP contribution < -0.4 is 5.01 Å². The minimum atomic E-state index is -0.151. The third-order valence-electron chi connectivity index (χ3n) is 6.39. The topological polar surface area (TPSA) is 50.5 Å². The second kappa shape index (κ2) is 9.55. The molecule has 1 amide bonds. The molecule has 5 aromatic rings. The summed E-state index contributed by atoms with van der Waals surface area (Å²) in [5, 5.41) is 10.9.